The highest BCUT2D eigenvalue weighted by molar-refractivity contribution is 9.10. The second-order valence-electron chi connectivity index (χ2n) is 7.19. The summed E-state index contributed by atoms with van der Waals surface area (Å²) in [6.07, 6.45) is 3.85. The maximum atomic E-state index is 12.8. The van der Waals surface area contributed by atoms with Gasteiger partial charge >= 0.3 is 0 Å². The Morgan fingerprint density at radius 3 is 2.47 bits per heavy atom. The summed E-state index contributed by atoms with van der Waals surface area (Å²) in [7, 11) is 0. The summed E-state index contributed by atoms with van der Waals surface area (Å²) < 4.78 is 3.27. The van der Waals surface area contributed by atoms with Gasteiger partial charge in [0.2, 0.25) is 11.9 Å². The van der Waals surface area contributed by atoms with Gasteiger partial charge in [0.1, 0.15) is 0 Å². The molecule has 0 radical (unpaired) electrons. The summed E-state index contributed by atoms with van der Waals surface area (Å²) in [5.41, 5.74) is 2.16. The molecule has 2 aromatic heterocycles. The SMILES string of the molecule is Cc1ccc(-c2n[nH]c(=S)n2CCC(=O)N2CCN(c3ncc(Br)cn3)CC2)cc1. The van der Waals surface area contributed by atoms with Gasteiger partial charge in [-0.2, -0.15) is 5.10 Å². The first kappa shape index (κ1) is 20.7. The van der Waals surface area contributed by atoms with Crippen LogP contribution in [0.1, 0.15) is 12.0 Å². The third-order valence-corrected chi connectivity index (χ3v) is 5.86. The molecule has 4 rings (SSSR count). The van der Waals surface area contributed by atoms with Gasteiger partial charge in [-0.05, 0) is 35.1 Å². The Bertz CT molecular complexity index is 1070. The van der Waals surface area contributed by atoms with Crippen LogP contribution < -0.4 is 4.90 Å². The molecule has 10 heteroatoms. The molecular weight excluding hydrogens is 466 g/mol. The van der Waals surface area contributed by atoms with E-state index in [0.29, 0.717) is 49.9 Å². The van der Waals surface area contributed by atoms with Crippen molar-refractivity contribution >= 4 is 40.0 Å². The number of halogens is 1. The van der Waals surface area contributed by atoms with E-state index in [1.54, 1.807) is 12.4 Å². The van der Waals surface area contributed by atoms with E-state index in [0.717, 1.165) is 15.9 Å². The number of hydrogen-bond acceptors (Lipinski definition) is 6. The lowest BCUT2D eigenvalue weighted by molar-refractivity contribution is -0.131. The number of carbonyl (C=O) groups excluding carboxylic acids is 1. The highest BCUT2D eigenvalue weighted by Gasteiger charge is 2.22. The number of anilines is 1. The van der Waals surface area contributed by atoms with Crippen molar-refractivity contribution < 1.29 is 4.79 Å². The molecule has 1 aliphatic rings. The number of nitrogens with zero attached hydrogens (tertiary/aromatic N) is 6. The van der Waals surface area contributed by atoms with Gasteiger partial charge in [-0.1, -0.05) is 29.8 Å². The molecule has 1 aromatic carbocycles. The quantitative estimate of drug-likeness (QED) is 0.556. The van der Waals surface area contributed by atoms with Crippen molar-refractivity contribution in [3.05, 3.63) is 51.5 Å². The summed E-state index contributed by atoms with van der Waals surface area (Å²) in [5, 5.41) is 7.20. The minimum Gasteiger partial charge on any atom is -0.339 e. The van der Waals surface area contributed by atoms with Crippen molar-refractivity contribution in [1.29, 1.82) is 0 Å². The smallest absolute Gasteiger partial charge is 0.225 e. The van der Waals surface area contributed by atoms with Crippen LogP contribution in [-0.4, -0.2) is 61.7 Å². The lowest BCUT2D eigenvalue weighted by Gasteiger charge is -2.34. The van der Waals surface area contributed by atoms with Crippen LogP contribution in [0.5, 0.6) is 0 Å². The Labute approximate surface area is 188 Å². The molecule has 0 bridgehead atoms. The molecule has 1 amide bonds. The number of nitrogens with one attached hydrogen (secondary N) is 1. The number of aryl methyl sites for hydroxylation is 1. The van der Waals surface area contributed by atoms with Gasteiger partial charge < -0.3 is 9.80 Å². The van der Waals surface area contributed by atoms with Crippen molar-refractivity contribution in [3.63, 3.8) is 0 Å². The Morgan fingerprint density at radius 2 is 1.80 bits per heavy atom. The van der Waals surface area contributed by atoms with Crippen LogP contribution in [0, 0.1) is 11.7 Å². The molecule has 1 saturated heterocycles. The fourth-order valence-corrected chi connectivity index (χ4v) is 3.87. The second-order valence-corrected chi connectivity index (χ2v) is 8.49. The van der Waals surface area contributed by atoms with Crippen LogP contribution in [0.3, 0.4) is 0 Å². The van der Waals surface area contributed by atoms with E-state index < -0.39 is 0 Å². The summed E-state index contributed by atoms with van der Waals surface area (Å²) >= 11 is 8.73. The molecule has 1 aliphatic heterocycles. The second kappa shape index (κ2) is 9.05. The van der Waals surface area contributed by atoms with Crippen LogP contribution in [0.2, 0.25) is 0 Å². The van der Waals surface area contributed by atoms with E-state index in [1.807, 2.05) is 40.7 Å². The third-order valence-electron chi connectivity index (χ3n) is 5.14. The highest BCUT2D eigenvalue weighted by Crippen LogP contribution is 2.19. The third kappa shape index (κ3) is 4.59. The molecule has 3 heterocycles. The lowest BCUT2D eigenvalue weighted by atomic mass is 10.1. The summed E-state index contributed by atoms with van der Waals surface area (Å²) in [5.74, 6) is 1.56. The number of hydrogen-bond donors (Lipinski definition) is 1. The van der Waals surface area contributed by atoms with Gasteiger partial charge in [0.15, 0.2) is 10.6 Å². The molecule has 1 fully saturated rings. The predicted molar refractivity (Wildman–Crippen MR) is 121 cm³/mol. The van der Waals surface area contributed by atoms with Gasteiger partial charge in [-0.15, -0.1) is 0 Å². The molecular formula is C20H22BrN7OS. The normalized spacial score (nSPS) is 14.2. The summed E-state index contributed by atoms with van der Waals surface area (Å²) in [4.78, 5) is 25.4. The van der Waals surface area contributed by atoms with E-state index in [-0.39, 0.29) is 5.91 Å². The lowest BCUT2D eigenvalue weighted by Crippen LogP contribution is -2.49. The molecule has 8 nitrogen and oxygen atoms in total. The average Bonchev–Trinajstić information content (AvgIpc) is 3.13. The summed E-state index contributed by atoms with van der Waals surface area (Å²) in [6, 6.07) is 8.11. The van der Waals surface area contributed by atoms with Crippen molar-refractivity contribution in [2.24, 2.45) is 0 Å². The standard InChI is InChI=1S/C20H22BrN7OS/c1-14-2-4-15(5-3-14)18-24-25-20(30)28(18)7-6-17(29)26-8-10-27(11-9-26)19-22-12-16(21)13-23-19/h2-5,12-13H,6-11H2,1H3,(H,25,30). The fraction of sp³-hybridized carbons (Fsp3) is 0.350. The molecule has 0 unspecified atom stereocenters. The van der Waals surface area contributed by atoms with E-state index in [9.17, 15) is 4.79 Å². The van der Waals surface area contributed by atoms with Crippen LogP contribution in [-0.2, 0) is 11.3 Å². The first-order valence-electron chi connectivity index (χ1n) is 9.74. The zero-order valence-electron chi connectivity index (χ0n) is 16.6. The van der Waals surface area contributed by atoms with E-state index >= 15 is 0 Å². The number of H-pyrrole nitrogens is 1. The number of amides is 1. The van der Waals surface area contributed by atoms with Crippen LogP contribution in [0.4, 0.5) is 5.95 Å². The highest BCUT2D eigenvalue weighted by atomic mass is 79.9. The Hall–Kier alpha value is -2.59. The number of rotatable bonds is 5. The molecule has 0 saturated carbocycles. The van der Waals surface area contributed by atoms with E-state index in [4.69, 9.17) is 12.2 Å². The van der Waals surface area contributed by atoms with Crippen LogP contribution in [0.15, 0.2) is 41.1 Å². The maximum absolute atomic E-state index is 12.8. The average molecular weight is 488 g/mol. The molecule has 1 N–H and O–H groups in total. The van der Waals surface area contributed by atoms with Crippen molar-refractivity contribution in [3.8, 4) is 11.4 Å². The Balaban J connectivity index is 1.36. The Morgan fingerprint density at radius 1 is 1.13 bits per heavy atom. The van der Waals surface area contributed by atoms with Gasteiger partial charge in [-0.25, -0.2) is 9.97 Å². The Kier molecular flexibility index (Phi) is 6.24. The minimum atomic E-state index is 0.115. The minimum absolute atomic E-state index is 0.115. The van der Waals surface area contributed by atoms with Gasteiger partial charge in [0, 0.05) is 57.1 Å². The predicted octanol–water partition coefficient (Wildman–Crippen LogP) is 3.21. The largest absolute Gasteiger partial charge is 0.339 e. The number of carbonyl (C=O) groups is 1. The molecule has 3 aromatic rings. The van der Waals surface area contributed by atoms with E-state index in [2.05, 4.69) is 41.0 Å². The molecule has 156 valence electrons. The van der Waals surface area contributed by atoms with E-state index in [1.165, 1.54) is 5.56 Å². The van der Waals surface area contributed by atoms with Crippen LogP contribution >= 0.6 is 28.1 Å². The van der Waals surface area contributed by atoms with Crippen molar-refractivity contribution in [2.45, 2.75) is 19.9 Å². The number of aromatic nitrogens is 5. The first-order chi connectivity index (χ1) is 14.5. The van der Waals surface area contributed by atoms with Gasteiger partial charge in [-0.3, -0.25) is 14.5 Å². The number of piperazine rings is 1. The maximum Gasteiger partial charge on any atom is 0.225 e. The number of benzene rings is 1. The molecule has 0 aliphatic carbocycles. The summed E-state index contributed by atoms with van der Waals surface area (Å²) in [6.45, 7) is 5.27. The van der Waals surface area contributed by atoms with Crippen molar-refractivity contribution in [1.82, 2.24) is 29.6 Å². The fourth-order valence-electron chi connectivity index (χ4n) is 3.44. The molecule has 30 heavy (non-hydrogen) atoms. The zero-order valence-corrected chi connectivity index (χ0v) is 19.0. The van der Waals surface area contributed by atoms with Crippen LogP contribution in [0.25, 0.3) is 11.4 Å². The molecule has 0 spiro atoms. The monoisotopic (exact) mass is 487 g/mol. The topological polar surface area (TPSA) is 82.9 Å². The zero-order chi connectivity index (χ0) is 21.1. The van der Waals surface area contributed by atoms with Gasteiger partial charge in [0.25, 0.3) is 0 Å². The van der Waals surface area contributed by atoms with Gasteiger partial charge in [0.05, 0.1) is 4.47 Å². The number of aromatic amines is 1. The first-order valence-corrected chi connectivity index (χ1v) is 10.9. The molecule has 0 atom stereocenters. The van der Waals surface area contributed by atoms with Crippen molar-refractivity contribution in [2.75, 3.05) is 31.1 Å².